The Labute approximate surface area is 119 Å². The van der Waals surface area contributed by atoms with Crippen molar-refractivity contribution in [2.24, 2.45) is 0 Å². The number of amides is 1. The SMILES string of the molecule is CCC1NC(c2ccsc2)N(CCN(C)CC)C1=O. The van der Waals surface area contributed by atoms with Crippen molar-refractivity contribution in [2.75, 3.05) is 26.7 Å². The van der Waals surface area contributed by atoms with E-state index in [2.05, 4.69) is 47.9 Å². The molecule has 0 aliphatic carbocycles. The van der Waals surface area contributed by atoms with Crippen LogP contribution in [0.25, 0.3) is 0 Å². The molecule has 0 saturated carbocycles. The van der Waals surface area contributed by atoms with Crippen LogP contribution in [0.1, 0.15) is 32.0 Å². The minimum atomic E-state index is -0.0307. The van der Waals surface area contributed by atoms with E-state index >= 15 is 0 Å². The topological polar surface area (TPSA) is 35.6 Å². The molecule has 1 aliphatic heterocycles. The van der Waals surface area contributed by atoms with Crippen molar-refractivity contribution in [3.63, 3.8) is 0 Å². The first-order valence-corrected chi connectivity index (χ1v) is 7.88. The van der Waals surface area contributed by atoms with Crippen molar-refractivity contribution >= 4 is 17.2 Å². The lowest BCUT2D eigenvalue weighted by atomic mass is 10.2. The third-order valence-electron chi connectivity index (χ3n) is 3.78. The van der Waals surface area contributed by atoms with E-state index < -0.39 is 0 Å². The summed E-state index contributed by atoms with van der Waals surface area (Å²) in [5.41, 5.74) is 1.20. The number of carbonyl (C=O) groups excluding carboxylic acids is 1. The lowest BCUT2D eigenvalue weighted by molar-refractivity contribution is -0.130. The first-order valence-electron chi connectivity index (χ1n) is 6.94. The van der Waals surface area contributed by atoms with E-state index in [-0.39, 0.29) is 18.1 Å². The van der Waals surface area contributed by atoms with E-state index in [1.54, 1.807) is 11.3 Å². The quantitative estimate of drug-likeness (QED) is 0.865. The summed E-state index contributed by atoms with van der Waals surface area (Å²) in [5.74, 6) is 0.239. The Kier molecular flexibility index (Phi) is 4.96. The molecule has 0 bridgehead atoms. The molecule has 0 radical (unpaired) electrons. The average Bonchev–Trinajstić information content (AvgIpc) is 3.04. The lowest BCUT2D eigenvalue weighted by Crippen LogP contribution is -2.37. The first-order chi connectivity index (χ1) is 9.17. The maximum absolute atomic E-state index is 12.4. The second-order valence-corrected chi connectivity index (χ2v) is 5.79. The maximum Gasteiger partial charge on any atom is 0.241 e. The van der Waals surface area contributed by atoms with Gasteiger partial charge in [0, 0.05) is 13.1 Å². The van der Waals surface area contributed by atoms with E-state index in [0.29, 0.717) is 0 Å². The molecular weight excluding hydrogens is 258 g/mol. The van der Waals surface area contributed by atoms with Gasteiger partial charge in [-0.3, -0.25) is 10.1 Å². The monoisotopic (exact) mass is 281 g/mol. The van der Waals surface area contributed by atoms with Gasteiger partial charge in [0.25, 0.3) is 0 Å². The molecule has 1 amide bonds. The normalized spacial score (nSPS) is 23.6. The van der Waals surface area contributed by atoms with Crippen molar-refractivity contribution in [2.45, 2.75) is 32.5 Å². The molecule has 4 nitrogen and oxygen atoms in total. The van der Waals surface area contributed by atoms with Crippen molar-refractivity contribution in [1.29, 1.82) is 0 Å². The first kappa shape index (κ1) is 14.5. The zero-order chi connectivity index (χ0) is 13.8. The van der Waals surface area contributed by atoms with Gasteiger partial charge in [0.05, 0.1) is 6.04 Å². The smallest absolute Gasteiger partial charge is 0.241 e. The summed E-state index contributed by atoms with van der Waals surface area (Å²) in [5, 5.41) is 7.64. The number of nitrogens with one attached hydrogen (secondary N) is 1. The maximum atomic E-state index is 12.4. The van der Waals surface area contributed by atoms with E-state index in [4.69, 9.17) is 0 Å². The summed E-state index contributed by atoms with van der Waals surface area (Å²) >= 11 is 1.68. The van der Waals surface area contributed by atoms with Gasteiger partial charge in [-0.25, -0.2) is 0 Å². The molecule has 2 heterocycles. The van der Waals surface area contributed by atoms with Crippen LogP contribution < -0.4 is 5.32 Å². The van der Waals surface area contributed by atoms with Gasteiger partial charge < -0.3 is 9.80 Å². The molecule has 1 aromatic rings. The number of likely N-dealkylation sites (N-methyl/N-ethyl adjacent to an activating group) is 1. The summed E-state index contributed by atoms with van der Waals surface area (Å²) < 4.78 is 0. The predicted molar refractivity (Wildman–Crippen MR) is 79.2 cm³/mol. The van der Waals surface area contributed by atoms with Crippen LogP contribution in [0, 0.1) is 0 Å². The summed E-state index contributed by atoms with van der Waals surface area (Å²) in [6, 6.07) is 2.07. The molecule has 1 N–H and O–H groups in total. The van der Waals surface area contributed by atoms with Gasteiger partial charge >= 0.3 is 0 Å². The third-order valence-corrected chi connectivity index (χ3v) is 4.48. The van der Waals surface area contributed by atoms with Crippen LogP contribution in [0.3, 0.4) is 0 Å². The Morgan fingerprint density at radius 2 is 2.26 bits per heavy atom. The molecule has 5 heteroatoms. The Balaban J connectivity index is 2.09. The summed E-state index contributed by atoms with van der Waals surface area (Å²) in [7, 11) is 2.09. The van der Waals surface area contributed by atoms with Crippen molar-refractivity contribution < 1.29 is 4.79 Å². The standard InChI is InChI=1S/C14H23N3OS/c1-4-12-14(18)17(8-7-16(3)5-2)13(15-12)11-6-9-19-10-11/h6,9-10,12-13,15H,4-5,7-8H2,1-3H3. The molecule has 1 aliphatic rings. The highest BCUT2D eigenvalue weighted by atomic mass is 32.1. The van der Waals surface area contributed by atoms with Crippen LogP contribution in [0.2, 0.25) is 0 Å². The molecular formula is C14H23N3OS. The highest BCUT2D eigenvalue weighted by molar-refractivity contribution is 7.07. The number of nitrogens with zero attached hydrogens (tertiary/aromatic N) is 2. The van der Waals surface area contributed by atoms with Gasteiger partial charge in [0.2, 0.25) is 5.91 Å². The van der Waals surface area contributed by atoms with Gasteiger partial charge in [0.15, 0.2) is 0 Å². The van der Waals surface area contributed by atoms with Gasteiger partial charge in [-0.2, -0.15) is 11.3 Å². The van der Waals surface area contributed by atoms with Gasteiger partial charge in [-0.1, -0.05) is 13.8 Å². The number of rotatable bonds is 6. The molecule has 2 atom stereocenters. The molecule has 0 spiro atoms. The molecule has 2 unspecified atom stereocenters. The van der Waals surface area contributed by atoms with Crippen LogP contribution >= 0.6 is 11.3 Å². The van der Waals surface area contributed by atoms with Crippen LogP contribution in [0.5, 0.6) is 0 Å². The third kappa shape index (κ3) is 3.16. The minimum absolute atomic E-state index is 0.0307. The summed E-state index contributed by atoms with van der Waals surface area (Å²) in [4.78, 5) is 16.6. The van der Waals surface area contributed by atoms with E-state index in [9.17, 15) is 4.79 Å². The molecule has 1 fully saturated rings. The molecule has 1 saturated heterocycles. The van der Waals surface area contributed by atoms with Crippen molar-refractivity contribution in [1.82, 2.24) is 15.1 Å². The fourth-order valence-electron chi connectivity index (χ4n) is 2.35. The number of carbonyl (C=O) groups is 1. The highest BCUT2D eigenvalue weighted by Gasteiger charge is 2.38. The zero-order valence-electron chi connectivity index (χ0n) is 11.9. The van der Waals surface area contributed by atoms with E-state index in [1.807, 2.05) is 4.90 Å². The number of hydrogen-bond acceptors (Lipinski definition) is 4. The van der Waals surface area contributed by atoms with Gasteiger partial charge in [0.1, 0.15) is 6.17 Å². The Hall–Kier alpha value is -0.910. The van der Waals surface area contributed by atoms with Crippen LogP contribution in [-0.4, -0.2) is 48.4 Å². The largest absolute Gasteiger partial charge is 0.320 e. The van der Waals surface area contributed by atoms with E-state index in [0.717, 1.165) is 26.1 Å². The lowest BCUT2D eigenvalue weighted by Gasteiger charge is -2.26. The summed E-state index contributed by atoms with van der Waals surface area (Å²) in [6.45, 7) is 6.90. The average molecular weight is 281 g/mol. The molecule has 0 aromatic carbocycles. The van der Waals surface area contributed by atoms with Crippen molar-refractivity contribution in [3.8, 4) is 0 Å². The zero-order valence-corrected chi connectivity index (χ0v) is 12.7. The number of thiophene rings is 1. The van der Waals surface area contributed by atoms with Crippen LogP contribution in [0.4, 0.5) is 0 Å². The fraction of sp³-hybridized carbons (Fsp3) is 0.643. The van der Waals surface area contributed by atoms with E-state index in [1.165, 1.54) is 5.56 Å². The molecule has 106 valence electrons. The Morgan fingerprint density at radius 3 is 2.84 bits per heavy atom. The molecule has 1 aromatic heterocycles. The Morgan fingerprint density at radius 1 is 1.47 bits per heavy atom. The fourth-order valence-corrected chi connectivity index (χ4v) is 3.03. The second-order valence-electron chi connectivity index (χ2n) is 5.01. The van der Waals surface area contributed by atoms with Crippen LogP contribution in [0.15, 0.2) is 16.8 Å². The van der Waals surface area contributed by atoms with Crippen LogP contribution in [-0.2, 0) is 4.79 Å². The molecule has 2 rings (SSSR count). The molecule has 19 heavy (non-hydrogen) atoms. The minimum Gasteiger partial charge on any atom is -0.320 e. The van der Waals surface area contributed by atoms with Crippen molar-refractivity contribution in [3.05, 3.63) is 22.4 Å². The van der Waals surface area contributed by atoms with Gasteiger partial charge in [-0.15, -0.1) is 0 Å². The number of hydrogen-bond donors (Lipinski definition) is 1. The Bertz CT molecular complexity index is 407. The predicted octanol–water partition coefficient (Wildman–Crippen LogP) is 1.91. The van der Waals surface area contributed by atoms with Gasteiger partial charge in [-0.05, 0) is 42.4 Å². The second kappa shape index (κ2) is 6.50. The highest BCUT2D eigenvalue weighted by Crippen LogP contribution is 2.27. The summed E-state index contributed by atoms with van der Waals surface area (Å²) in [6.07, 6.45) is 0.897.